The number of methoxy groups -OCH3 is 1. The number of aldehydes is 1. The molecule has 0 atom stereocenters. The first-order valence-corrected chi connectivity index (χ1v) is 6.36. The first-order valence-electron chi connectivity index (χ1n) is 6.36. The van der Waals surface area contributed by atoms with Gasteiger partial charge in [0.15, 0.2) is 6.29 Å². The number of carbonyl (C=O) groups is 1. The van der Waals surface area contributed by atoms with Crippen molar-refractivity contribution in [2.24, 2.45) is 0 Å². The summed E-state index contributed by atoms with van der Waals surface area (Å²) in [5.41, 5.74) is 3.63. The minimum absolute atomic E-state index is 0.724. The monoisotopic (exact) mass is 256 g/mol. The predicted octanol–water partition coefficient (Wildman–Crippen LogP) is 2.04. The highest BCUT2D eigenvalue weighted by Gasteiger charge is 2.21. The number of nitrogens with zero attached hydrogens (tertiary/aromatic N) is 2. The van der Waals surface area contributed by atoms with E-state index in [0.29, 0.717) is 0 Å². The van der Waals surface area contributed by atoms with Crippen molar-refractivity contribution < 1.29 is 9.53 Å². The van der Waals surface area contributed by atoms with Crippen molar-refractivity contribution in [1.82, 2.24) is 9.88 Å². The normalized spacial score (nSPS) is 15.3. The third kappa shape index (κ3) is 1.88. The van der Waals surface area contributed by atoms with Gasteiger partial charge >= 0.3 is 0 Å². The maximum Gasteiger partial charge on any atom is 0.151 e. The van der Waals surface area contributed by atoms with E-state index in [4.69, 9.17) is 9.72 Å². The molecule has 98 valence electrons. The molecule has 0 aliphatic carbocycles. The van der Waals surface area contributed by atoms with Crippen LogP contribution in [-0.4, -0.2) is 36.9 Å². The van der Waals surface area contributed by atoms with Gasteiger partial charge in [-0.3, -0.25) is 4.79 Å². The van der Waals surface area contributed by atoms with Crippen molar-refractivity contribution in [3.63, 3.8) is 0 Å². The van der Waals surface area contributed by atoms with Crippen molar-refractivity contribution in [3.8, 4) is 5.75 Å². The average Bonchev–Trinajstić information content (AvgIpc) is 2.44. The summed E-state index contributed by atoms with van der Waals surface area (Å²) in [7, 11) is 3.69. The second kappa shape index (κ2) is 4.63. The maximum absolute atomic E-state index is 11.5. The van der Waals surface area contributed by atoms with Gasteiger partial charge in [-0.05, 0) is 18.7 Å². The Morgan fingerprint density at radius 2 is 2.26 bits per heavy atom. The van der Waals surface area contributed by atoms with Crippen LogP contribution >= 0.6 is 0 Å². The Morgan fingerprint density at radius 1 is 1.42 bits per heavy atom. The first-order chi connectivity index (χ1) is 9.24. The zero-order valence-electron chi connectivity index (χ0n) is 11.1. The van der Waals surface area contributed by atoms with Crippen LogP contribution in [0.15, 0.2) is 18.2 Å². The fourth-order valence-corrected chi connectivity index (χ4v) is 2.70. The average molecular weight is 256 g/mol. The lowest BCUT2D eigenvalue weighted by molar-refractivity contribution is 0.112. The van der Waals surface area contributed by atoms with Gasteiger partial charge in [0, 0.05) is 36.2 Å². The zero-order valence-corrected chi connectivity index (χ0v) is 11.1. The van der Waals surface area contributed by atoms with Crippen molar-refractivity contribution in [2.45, 2.75) is 13.0 Å². The van der Waals surface area contributed by atoms with Crippen LogP contribution in [0.1, 0.15) is 21.6 Å². The highest BCUT2D eigenvalue weighted by molar-refractivity contribution is 6.00. The fraction of sp³-hybridized carbons (Fsp3) is 0.333. The van der Waals surface area contributed by atoms with Crippen LogP contribution in [0.5, 0.6) is 5.75 Å². The Bertz CT molecular complexity index is 652. The number of hydrogen-bond donors (Lipinski definition) is 0. The molecule has 0 radical (unpaired) electrons. The summed E-state index contributed by atoms with van der Waals surface area (Å²) in [5, 5.41) is 0.878. The fourth-order valence-electron chi connectivity index (χ4n) is 2.70. The quantitative estimate of drug-likeness (QED) is 0.771. The summed E-state index contributed by atoms with van der Waals surface area (Å²) in [4.78, 5) is 18.4. The number of ether oxygens (including phenoxy) is 1. The molecule has 1 aliphatic rings. The van der Waals surface area contributed by atoms with Gasteiger partial charge in [-0.15, -0.1) is 0 Å². The van der Waals surface area contributed by atoms with Crippen LogP contribution in [0.3, 0.4) is 0 Å². The standard InChI is InChI=1S/C15H16N2O2/c1-17-7-6-13-11(8-17)12(9-18)10-4-3-5-14(19-2)15(10)16-13/h3-5,9H,6-8H2,1-2H3. The lowest BCUT2D eigenvalue weighted by Crippen LogP contribution is -2.28. The third-order valence-corrected chi connectivity index (χ3v) is 3.71. The van der Waals surface area contributed by atoms with Crippen LogP contribution in [-0.2, 0) is 13.0 Å². The van der Waals surface area contributed by atoms with E-state index < -0.39 is 0 Å². The second-order valence-corrected chi connectivity index (χ2v) is 4.91. The van der Waals surface area contributed by atoms with Crippen LogP contribution in [0.2, 0.25) is 0 Å². The van der Waals surface area contributed by atoms with Crippen LogP contribution in [0.4, 0.5) is 0 Å². The molecule has 0 N–H and O–H groups in total. The van der Waals surface area contributed by atoms with Gasteiger partial charge in [0.05, 0.1) is 7.11 Å². The van der Waals surface area contributed by atoms with Gasteiger partial charge in [-0.1, -0.05) is 12.1 Å². The molecule has 1 aliphatic heterocycles. The van der Waals surface area contributed by atoms with Crippen LogP contribution < -0.4 is 4.74 Å². The van der Waals surface area contributed by atoms with Gasteiger partial charge in [-0.2, -0.15) is 0 Å². The lowest BCUT2D eigenvalue weighted by Gasteiger charge is -2.26. The van der Waals surface area contributed by atoms with E-state index in [0.717, 1.165) is 59.3 Å². The highest BCUT2D eigenvalue weighted by atomic mass is 16.5. The summed E-state index contributed by atoms with van der Waals surface area (Å²) in [6.07, 6.45) is 1.82. The summed E-state index contributed by atoms with van der Waals surface area (Å²) in [6.45, 7) is 1.75. The number of pyridine rings is 1. The summed E-state index contributed by atoms with van der Waals surface area (Å²) >= 11 is 0. The summed E-state index contributed by atoms with van der Waals surface area (Å²) in [5.74, 6) is 0.724. The van der Waals surface area contributed by atoms with Crippen molar-refractivity contribution >= 4 is 17.2 Å². The predicted molar refractivity (Wildman–Crippen MR) is 73.7 cm³/mol. The van der Waals surface area contributed by atoms with E-state index in [2.05, 4.69) is 11.9 Å². The molecule has 0 bridgehead atoms. The Hall–Kier alpha value is -1.94. The van der Waals surface area contributed by atoms with E-state index >= 15 is 0 Å². The maximum atomic E-state index is 11.5. The van der Waals surface area contributed by atoms with Gasteiger partial charge in [0.1, 0.15) is 11.3 Å². The smallest absolute Gasteiger partial charge is 0.151 e. The van der Waals surface area contributed by atoms with E-state index in [1.165, 1.54) is 0 Å². The molecule has 3 rings (SSSR count). The molecule has 2 heterocycles. The van der Waals surface area contributed by atoms with E-state index in [1.54, 1.807) is 7.11 Å². The molecule has 0 spiro atoms. The molecule has 19 heavy (non-hydrogen) atoms. The van der Waals surface area contributed by atoms with E-state index in [-0.39, 0.29) is 0 Å². The van der Waals surface area contributed by atoms with E-state index in [9.17, 15) is 4.79 Å². The Kier molecular flexibility index (Phi) is 2.95. The Labute approximate surface area is 112 Å². The van der Waals surface area contributed by atoms with Gasteiger partial charge < -0.3 is 9.64 Å². The molecule has 0 unspecified atom stereocenters. The molecule has 1 aromatic carbocycles. The number of aromatic nitrogens is 1. The second-order valence-electron chi connectivity index (χ2n) is 4.91. The lowest BCUT2D eigenvalue weighted by atomic mass is 9.96. The molecular formula is C15H16N2O2. The Balaban J connectivity index is 2.35. The summed E-state index contributed by atoms with van der Waals surface area (Å²) in [6, 6.07) is 5.71. The van der Waals surface area contributed by atoms with Crippen molar-refractivity contribution in [3.05, 3.63) is 35.0 Å². The van der Waals surface area contributed by atoms with E-state index in [1.807, 2.05) is 18.2 Å². The molecular weight excluding hydrogens is 240 g/mol. The summed E-state index contributed by atoms with van der Waals surface area (Å²) < 4.78 is 5.35. The molecule has 0 fully saturated rings. The van der Waals surface area contributed by atoms with Gasteiger partial charge in [0.2, 0.25) is 0 Å². The number of hydrogen-bond acceptors (Lipinski definition) is 4. The number of fused-ring (bicyclic) bond motifs is 2. The number of carbonyl (C=O) groups excluding carboxylic acids is 1. The van der Waals surface area contributed by atoms with Crippen LogP contribution in [0.25, 0.3) is 10.9 Å². The zero-order chi connectivity index (χ0) is 13.4. The molecule has 0 saturated carbocycles. The minimum Gasteiger partial charge on any atom is -0.494 e. The number of rotatable bonds is 2. The molecule has 2 aromatic rings. The molecule has 0 amide bonds. The van der Waals surface area contributed by atoms with Crippen molar-refractivity contribution in [1.29, 1.82) is 0 Å². The number of likely N-dealkylation sites (N-methyl/N-ethyl adjacent to an activating group) is 1. The van der Waals surface area contributed by atoms with Gasteiger partial charge in [-0.25, -0.2) is 4.98 Å². The number of benzene rings is 1. The van der Waals surface area contributed by atoms with Crippen molar-refractivity contribution in [2.75, 3.05) is 20.7 Å². The topological polar surface area (TPSA) is 42.4 Å². The third-order valence-electron chi connectivity index (χ3n) is 3.71. The SMILES string of the molecule is COc1cccc2c(C=O)c3c(nc12)CCN(C)C3. The molecule has 4 heteroatoms. The largest absolute Gasteiger partial charge is 0.494 e. The number of para-hydroxylation sites is 1. The Morgan fingerprint density at radius 3 is 3.00 bits per heavy atom. The van der Waals surface area contributed by atoms with Gasteiger partial charge in [0.25, 0.3) is 0 Å². The highest BCUT2D eigenvalue weighted by Crippen LogP contribution is 2.31. The molecule has 4 nitrogen and oxygen atoms in total. The minimum atomic E-state index is 0.724. The first kappa shape index (κ1) is 12.1. The molecule has 0 saturated heterocycles. The molecule has 1 aromatic heterocycles. The van der Waals surface area contributed by atoms with Crippen LogP contribution in [0, 0.1) is 0 Å².